The van der Waals surface area contributed by atoms with Gasteiger partial charge in [-0.05, 0) is 52.3 Å². The number of hydrogen-bond acceptors (Lipinski definition) is 6. The molecular weight excluding hydrogens is 328 g/mol. The number of nitriles is 1. The molecule has 1 fully saturated rings. The van der Waals surface area contributed by atoms with E-state index >= 15 is 0 Å². The molecule has 0 aliphatic carbocycles. The Labute approximate surface area is 153 Å². The summed E-state index contributed by atoms with van der Waals surface area (Å²) < 4.78 is 0. The van der Waals surface area contributed by atoms with Crippen molar-refractivity contribution >= 4 is 28.3 Å². The summed E-state index contributed by atoms with van der Waals surface area (Å²) in [7, 11) is 0. The third-order valence-electron chi connectivity index (χ3n) is 4.24. The lowest BCUT2D eigenvalue weighted by atomic mass is 9.99. The van der Waals surface area contributed by atoms with Crippen LogP contribution >= 0.6 is 0 Å². The minimum absolute atomic E-state index is 0.0176. The summed E-state index contributed by atoms with van der Waals surface area (Å²) in [6.45, 7) is 7.74. The minimum Gasteiger partial charge on any atom is -0.365 e. The van der Waals surface area contributed by atoms with Gasteiger partial charge in [-0.1, -0.05) is 0 Å². The molecule has 3 rings (SSSR count). The second kappa shape index (κ2) is 7.26. The Kier molecular flexibility index (Phi) is 5.05. The Hall–Kier alpha value is -2.72. The van der Waals surface area contributed by atoms with Crippen LogP contribution in [0, 0.1) is 17.2 Å². The van der Waals surface area contributed by atoms with Gasteiger partial charge in [-0.2, -0.15) is 5.26 Å². The van der Waals surface area contributed by atoms with Crippen LogP contribution in [0.4, 0.5) is 11.6 Å². The monoisotopic (exact) mass is 352 g/mol. The number of rotatable bonds is 3. The summed E-state index contributed by atoms with van der Waals surface area (Å²) in [5.74, 6) is 1.06. The van der Waals surface area contributed by atoms with Gasteiger partial charge >= 0.3 is 0 Å². The molecule has 0 radical (unpaired) electrons. The zero-order chi connectivity index (χ0) is 18.7. The molecule has 26 heavy (non-hydrogen) atoms. The molecule has 1 saturated heterocycles. The Bertz CT molecular complexity index is 859. The molecule has 7 nitrogen and oxygen atoms in total. The highest BCUT2D eigenvalue weighted by Crippen LogP contribution is 2.27. The Balaban J connectivity index is 1.92. The quantitative estimate of drug-likeness (QED) is 0.785. The molecule has 3 N–H and O–H groups in total. The van der Waals surface area contributed by atoms with Crippen LogP contribution in [0.2, 0.25) is 0 Å². The van der Waals surface area contributed by atoms with Crippen LogP contribution in [0.5, 0.6) is 0 Å². The third kappa shape index (κ3) is 4.27. The van der Waals surface area contributed by atoms with Crippen molar-refractivity contribution in [3.8, 4) is 6.07 Å². The highest BCUT2D eigenvalue weighted by Gasteiger charge is 2.21. The molecule has 0 saturated carbocycles. The number of carbonyl (C=O) groups is 1. The number of nitrogens with one attached hydrogen (secondary N) is 3. The molecular formula is C19H24N6O. The zero-order valence-electron chi connectivity index (χ0n) is 15.4. The van der Waals surface area contributed by atoms with E-state index in [9.17, 15) is 10.1 Å². The SMILES string of the molecule is CC(C)(C)Nc1nc(C#N)cc2cnc(NC(=O)[C@@H]3CCCNC3)cc12. The normalized spacial score (nSPS) is 17.5. The van der Waals surface area contributed by atoms with Crippen LogP contribution in [-0.4, -0.2) is 34.5 Å². The first-order valence-electron chi connectivity index (χ1n) is 8.86. The highest BCUT2D eigenvalue weighted by atomic mass is 16.2. The smallest absolute Gasteiger partial charge is 0.229 e. The second-order valence-electron chi connectivity index (χ2n) is 7.67. The lowest BCUT2D eigenvalue weighted by molar-refractivity contribution is -0.120. The van der Waals surface area contributed by atoms with Crippen molar-refractivity contribution in [3.63, 3.8) is 0 Å². The van der Waals surface area contributed by atoms with E-state index in [4.69, 9.17) is 0 Å². The fraction of sp³-hybridized carbons (Fsp3) is 0.474. The molecule has 2 aromatic rings. The lowest BCUT2D eigenvalue weighted by Gasteiger charge is -2.23. The predicted octanol–water partition coefficient (Wildman–Crippen LogP) is 2.65. The fourth-order valence-corrected chi connectivity index (χ4v) is 3.03. The molecule has 7 heteroatoms. The maximum absolute atomic E-state index is 12.5. The predicted molar refractivity (Wildman–Crippen MR) is 102 cm³/mol. The van der Waals surface area contributed by atoms with E-state index in [0.29, 0.717) is 23.9 Å². The number of aromatic nitrogens is 2. The van der Waals surface area contributed by atoms with Crippen LogP contribution in [0.1, 0.15) is 39.3 Å². The second-order valence-corrected chi connectivity index (χ2v) is 7.67. The average molecular weight is 352 g/mol. The van der Waals surface area contributed by atoms with Crippen LogP contribution in [0.15, 0.2) is 18.3 Å². The van der Waals surface area contributed by atoms with Crippen LogP contribution in [0.25, 0.3) is 10.8 Å². The standard InChI is InChI=1S/C19H24N6O/c1-19(2,3)25-17-15-8-16(22-11-13(15)7-14(9-20)23-17)24-18(26)12-5-4-6-21-10-12/h7-8,11-12,21H,4-6,10H2,1-3H3,(H,23,25)(H,22,24,26)/t12-/m1/s1. The molecule has 136 valence electrons. The molecule has 1 amide bonds. The van der Waals surface area contributed by atoms with Gasteiger partial charge in [0.25, 0.3) is 0 Å². The van der Waals surface area contributed by atoms with Crippen molar-refractivity contribution in [1.29, 1.82) is 5.26 Å². The number of nitrogens with zero attached hydrogens (tertiary/aromatic N) is 3. The van der Waals surface area contributed by atoms with Crippen LogP contribution in [0.3, 0.4) is 0 Å². The maximum atomic E-state index is 12.5. The van der Waals surface area contributed by atoms with Crippen molar-refractivity contribution in [2.24, 2.45) is 5.92 Å². The number of pyridine rings is 2. The molecule has 1 aliphatic heterocycles. The molecule has 2 aromatic heterocycles. The molecule has 1 atom stereocenters. The fourth-order valence-electron chi connectivity index (χ4n) is 3.03. The summed E-state index contributed by atoms with van der Waals surface area (Å²) in [5.41, 5.74) is 0.116. The van der Waals surface area contributed by atoms with Crippen molar-refractivity contribution in [1.82, 2.24) is 15.3 Å². The Morgan fingerprint density at radius 2 is 2.19 bits per heavy atom. The lowest BCUT2D eigenvalue weighted by Crippen LogP contribution is -2.37. The number of carbonyl (C=O) groups excluding carboxylic acids is 1. The molecule has 0 bridgehead atoms. The van der Waals surface area contributed by atoms with Gasteiger partial charge in [0.15, 0.2) is 0 Å². The third-order valence-corrected chi connectivity index (χ3v) is 4.24. The first-order valence-corrected chi connectivity index (χ1v) is 8.86. The van der Waals surface area contributed by atoms with Gasteiger partial charge in [-0.15, -0.1) is 0 Å². The van der Waals surface area contributed by atoms with Gasteiger partial charge in [0, 0.05) is 29.1 Å². The van der Waals surface area contributed by atoms with Crippen molar-refractivity contribution in [2.45, 2.75) is 39.2 Å². The Morgan fingerprint density at radius 1 is 1.38 bits per heavy atom. The average Bonchev–Trinajstić information content (AvgIpc) is 2.61. The van der Waals surface area contributed by atoms with E-state index in [1.54, 1.807) is 12.3 Å². The molecule has 1 aliphatic rings. The summed E-state index contributed by atoms with van der Waals surface area (Å²) in [5, 5.41) is 20.3. The van der Waals surface area contributed by atoms with E-state index in [0.717, 1.165) is 30.2 Å². The Morgan fingerprint density at radius 3 is 2.85 bits per heavy atom. The van der Waals surface area contributed by atoms with Gasteiger partial charge in [0.2, 0.25) is 5.91 Å². The maximum Gasteiger partial charge on any atom is 0.229 e. The first kappa shape index (κ1) is 18.1. The minimum atomic E-state index is -0.214. The van der Waals surface area contributed by atoms with Crippen molar-refractivity contribution in [2.75, 3.05) is 23.7 Å². The molecule has 0 aromatic carbocycles. The number of fused-ring (bicyclic) bond motifs is 1. The topological polar surface area (TPSA) is 103 Å². The summed E-state index contributed by atoms with van der Waals surface area (Å²) in [6.07, 6.45) is 3.56. The highest BCUT2D eigenvalue weighted by molar-refractivity contribution is 5.97. The number of anilines is 2. The van der Waals surface area contributed by atoms with E-state index in [1.807, 2.05) is 26.8 Å². The van der Waals surface area contributed by atoms with Gasteiger partial charge in [-0.25, -0.2) is 9.97 Å². The van der Waals surface area contributed by atoms with Gasteiger partial charge in [0.05, 0.1) is 5.92 Å². The van der Waals surface area contributed by atoms with E-state index in [1.165, 1.54) is 0 Å². The van der Waals surface area contributed by atoms with Crippen LogP contribution < -0.4 is 16.0 Å². The van der Waals surface area contributed by atoms with Crippen molar-refractivity contribution < 1.29 is 4.79 Å². The molecule has 0 spiro atoms. The van der Waals surface area contributed by atoms with Gasteiger partial charge in [0.1, 0.15) is 23.4 Å². The summed E-state index contributed by atoms with van der Waals surface area (Å²) in [6, 6.07) is 5.59. The van der Waals surface area contributed by atoms with Gasteiger partial charge < -0.3 is 16.0 Å². The van der Waals surface area contributed by atoms with E-state index in [2.05, 4.69) is 32.0 Å². The van der Waals surface area contributed by atoms with Crippen LogP contribution in [-0.2, 0) is 4.79 Å². The van der Waals surface area contributed by atoms with Gasteiger partial charge in [-0.3, -0.25) is 4.79 Å². The van der Waals surface area contributed by atoms with E-state index in [-0.39, 0.29) is 17.4 Å². The number of amides is 1. The number of hydrogen-bond donors (Lipinski definition) is 3. The number of piperidine rings is 1. The van der Waals surface area contributed by atoms with E-state index < -0.39 is 0 Å². The molecule has 3 heterocycles. The largest absolute Gasteiger partial charge is 0.365 e. The van der Waals surface area contributed by atoms with Crippen molar-refractivity contribution in [3.05, 3.63) is 24.0 Å². The summed E-state index contributed by atoms with van der Waals surface area (Å²) in [4.78, 5) is 21.2. The zero-order valence-corrected chi connectivity index (χ0v) is 15.4. The first-order chi connectivity index (χ1) is 12.4. The summed E-state index contributed by atoms with van der Waals surface area (Å²) >= 11 is 0. The molecule has 0 unspecified atom stereocenters.